The summed E-state index contributed by atoms with van der Waals surface area (Å²) in [6.45, 7) is 0. The number of amides is 1. The average molecular weight is 424 g/mol. The molecule has 1 heterocycles. The van der Waals surface area contributed by atoms with Crippen LogP contribution in [0.2, 0.25) is 5.02 Å². The van der Waals surface area contributed by atoms with E-state index < -0.39 is 0 Å². The predicted octanol–water partition coefficient (Wildman–Crippen LogP) is 6.34. The van der Waals surface area contributed by atoms with Crippen molar-refractivity contribution in [3.8, 4) is 11.3 Å². The molecule has 154 valence electrons. The van der Waals surface area contributed by atoms with Crippen molar-refractivity contribution in [2.24, 2.45) is 0 Å². The van der Waals surface area contributed by atoms with Crippen LogP contribution >= 0.6 is 11.6 Å². The molecule has 6 heteroatoms. The number of benzene rings is 2. The van der Waals surface area contributed by atoms with Gasteiger partial charge in [-0.15, -0.1) is 0 Å². The maximum Gasteiger partial charge on any atom is 0.338 e. The number of hydrogen-bond donors (Lipinski definition) is 1. The lowest BCUT2D eigenvalue weighted by atomic mass is 9.98. The first kappa shape index (κ1) is 20.2. The van der Waals surface area contributed by atoms with Crippen LogP contribution in [0.1, 0.15) is 53.0 Å². The largest absolute Gasteiger partial charge is 0.459 e. The molecule has 0 spiro atoms. The Morgan fingerprint density at radius 1 is 0.933 bits per heavy atom. The molecule has 1 aromatic heterocycles. The third-order valence-electron chi connectivity index (χ3n) is 5.17. The molecule has 0 bridgehead atoms. The first-order chi connectivity index (χ1) is 14.6. The van der Waals surface area contributed by atoms with Gasteiger partial charge in [0.05, 0.1) is 10.6 Å². The van der Waals surface area contributed by atoms with Gasteiger partial charge in [-0.25, -0.2) is 4.79 Å². The van der Waals surface area contributed by atoms with Gasteiger partial charge in [0.15, 0.2) is 5.76 Å². The number of ether oxygens (including phenoxy) is 1. The number of halogens is 1. The van der Waals surface area contributed by atoms with Crippen molar-refractivity contribution < 1.29 is 18.7 Å². The number of hydrogen-bond acceptors (Lipinski definition) is 4. The standard InChI is InChI=1S/C24H22ClNO4/c25-20-9-5-4-8-19(20)21-14-15-22(30-21)23(27)26-17-12-10-16(11-13-17)24(28)29-18-6-2-1-3-7-18/h4-5,8-15,18H,1-3,6-7H2,(H,26,27). The third-order valence-corrected chi connectivity index (χ3v) is 5.50. The van der Waals surface area contributed by atoms with E-state index in [1.54, 1.807) is 42.5 Å². The van der Waals surface area contributed by atoms with E-state index in [9.17, 15) is 9.59 Å². The van der Waals surface area contributed by atoms with Crippen LogP contribution < -0.4 is 5.32 Å². The van der Waals surface area contributed by atoms with Gasteiger partial charge in [0.2, 0.25) is 0 Å². The highest BCUT2D eigenvalue weighted by molar-refractivity contribution is 6.33. The highest BCUT2D eigenvalue weighted by atomic mass is 35.5. The molecular formula is C24H22ClNO4. The summed E-state index contributed by atoms with van der Waals surface area (Å²) >= 11 is 6.18. The second-order valence-corrected chi connectivity index (χ2v) is 7.75. The smallest absolute Gasteiger partial charge is 0.338 e. The summed E-state index contributed by atoms with van der Waals surface area (Å²) in [7, 11) is 0. The van der Waals surface area contributed by atoms with Gasteiger partial charge in [0.25, 0.3) is 5.91 Å². The summed E-state index contributed by atoms with van der Waals surface area (Å²) in [5.74, 6) is -0.0155. The monoisotopic (exact) mass is 423 g/mol. The molecule has 1 N–H and O–H groups in total. The molecule has 1 saturated carbocycles. The van der Waals surface area contributed by atoms with Crippen LogP contribution in [0.25, 0.3) is 11.3 Å². The summed E-state index contributed by atoms with van der Waals surface area (Å²) in [6.07, 6.45) is 5.29. The minimum Gasteiger partial charge on any atom is -0.459 e. The van der Waals surface area contributed by atoms with Crippen molar-refractivity contribution in [1.82, 2.24) is 0 Å². The Hall–Kier alpha value is -3.05. The van der Waals surface area contributed by atoms with E-state index in [-0.39, 0.29) is 23.7 Å². The van der Waals surface area contributed by atoms with Crippen molar-refractivity contribution in [3.05, 3.63) is 77.0 Å². The van der Waals surface area contributed by atoms with Crippen molar-refractivity contribution >= 4 is 29.2 Å². The summed E-state index contributed by atoms with van der Waals surface area (Å²) in [4.78, 5) is 24.8. The van der Waals surface area contributed by atoms with Crippen molar-refractivity contribution in [2.75, 3.05) is 5.32 Å². The second-order valence-electron chi connectivity index (χ2n) is 7.34. The van der Waals surface area contributed by atoms with Crippen LogP contribution in [0.5, 0.6) is 0 Å². The van der Waals surface area contributed by atoms with Crippen LogP contribution in [-0.4, -0.2) is 18.0 Å². The summed E-state index contributed by atoms with van der Waals surface area (Å²) < 4.78 is 11.2. The normalized spacial score (nSPS) is 14.3. The fraction of sp³-hybridized carbons (Fsp3) is 0.250. The number of carbonyl (C=O) groups excluding carboxylic acids is 2. The van der Waals surface area contributed by atoms with Gasteiger partial charge in [0, 0.05) is 11.3 Å². The summed E-state index contributed by atoms with van der Waals surface area (Å²) in [5, 5.41) is 3.32. The zero-order valence-corrected chi connectivity index (χ0v) is 17.2. The van der Waals surface area contributed by atoms with Crippen LogP contribution in [0.4, 0.5) is 5.69 Å². The molecule has 30 heavy (non-hydrogen) atoms. The molecule has 0 saturated heterocycles. The molecule has 0 radical (unpaired) electrons. The van der Waals surface area contributed by atoms with Gasteiger partial charge in [0.1, 0.15) is 11.9 Å². The van der Waals surface area contributed by atoms with Crippen LogP contribution in [-0.2, 0) is 4.74 Å². The zero-order chi connectivity index (χ0) is 20.9. The van der Waals surface area contributed by atoms with Gasteiger partial charge >= 0.3 is 5.97 Å². The molecule has 1 amide bonds. The second kappa shape index (κ2) is 9.18. The maximum absolute atomic E-state index is 12.5. The van der Waals surface area contributed by atoms with Gasteiger partial charge in [-0.05, 0) is 74.2 Å². The van der Waals surface area contributed by atoms with Crippen LogP contribution in [0, 0.1) is 0 Å². The maximum atomic E-state index is 12.5. The fourth-order valence-corrected chi connectivity index (χ4v) is 3.78. The van der Waals surface area contributed by atoms with Crippen molar-refractivity contribution in [3.63, 3.8) is 0 Å². The highest BCUT2D eigenvalue weighted by Gasteiger charge is 2.19. The van der Waals surface area contributed by atoms with E-state index >= 15 is 0 Å². The van der Waals surface area contributed by atoms with Crippen molar-refractivity contribution in [1.29, 1.82) is 0 Å². The summed E-state index contributed by atoms with van der Waals surface area (Å²) in [5.41, 5.74) is 1.75. The van der Waals surface area contributed by atoms with E-state index in [0.717, 1.165) is 31.2 Å². The Morgan fingerprint density at radius 2 is 1.67 bits per heavy atom. The average Bonchev–Trinajstić information content (AvgIpc) is 3.25. The molecule has 3 aromatic rings. The van der Waals surface area contributed by atoms with Crippen LogP contribution in [0.15, 0.2) is 65.1 Å². The van der Waals surface area contributed by atoms with E-state index in [4.69, 9.17) is 20.8 Å². The van der Waals surface area contributed by atoms with Gasteiger partial charge in [-0.1, -0.05) is 30.2 Å². The molecular weight excluding hydrogens is 402 g/mol. The Bertz CT molecular complexity index is 1040. The Balaban J connectivity index is 1.38. The molecule has 0 unspecified atom stereocenters. The molecule has 4 rings (SSSR count). The minimum atomic E-state index is -0.383. The van der Waals surface area contributed by atoms with Gasteiger partial charge in [-0.3, -0.25) is 4.79 Å². The predicted molar refractivity (Wildman–Crippen MR) is 116 cm³/mol. The van der Waals surface area contributed by atoms with Crippen molar-refractivity contribution in [2.45, 2.75) is 38.2 Å². The lowest BCUT2D eigenvalue weighted by Crippen LogP contribution is -2.20. The highest BCUT2D eigenvalue weighted by Crippen LogP contribution is 2.29. The lowest BCUT2D eigenvalue weighted by Gasteiger charge is -2.21. The Morgan fingerprint density at radius 3 is 2.40 bits per heavy atom. The molecule has 0 aliphatic heterocycles. The number of anilines is 1. The fourth-order valence-electron chi connectivity index (χ4n) is 3.55. The number of esters is 1. The lowest BCUT2D eigenvalue weighted by molar-refractivity contribution is 0.0211. The quantitative estimate of drug-likeness (QED) is 0.486. The number of furan rings is 1. The molecule has 1 fully saturated rings. The zero-order valence-electron chi connectivity index (χ0n) is 16.4. The van der Waals surface area contributed by atoms with Crippen LogP contribution in [0.3, 0.4) is 0 Å². The Kier molecular flexibility index (Phi) is 6.19. The van der Waals surface area contributed by atoms with E-state index in [2.05, 4.69) is 5.32 Å². The molecule has 5 nitrogen and oxygen atoms in total. The molecule has 0 atom stereocenters. The molecule has 1 aliphatic carbocycles. The first-order valence-corrected chi connectivity index (χ1v) is 10.4. The Labute approximate surface area is 180 Å². The number of carbonyl (C=O) groups is 2. The van der Waals surface area contributed by atoms with Gasteiger partial charge in [-0.2, -0.15) is 0 Å². The molecule has 2 aromatic carbocycles. The molecule has 1 aliphatic rings. The first-order valence-electron chi connectivity index (χ1n) is 10.1. The van der Waals surface area contributed by atoms with E-state index in [1.165, 1.54) is 6.42 Å². The summed E-state index contributed by atoms with van der Waals surface area (Å²) in [6, 6.07) is 17.2. The van der Waals surface area contributed by atoms with E-state index in [0.29, 0.717) is 22.0 Å². The number of rotatable bonds is 5. The van der Waals surface area contributed by atoms with E-state index in [1.807, 2.05) is 18.2 Å². The van der Waals surface area contributed by atoms with Gasteiger partial charge < -0.3 is 14.5 Å². The SMILES string of the molecule is O=C(OC1CCCCC1)c1ccc(NC(=O)c2ccc(-c3ccccc3Cl)o2)cc1. The number of nitrogens with one attached hydrogen (secondary N) is 1. The topological polar surface area (TPSA) is 68.5 Å². The third kappa shape index (κ3) is 4.74. The minimum absolute atomic E-state index is 0.0110.